The highest BCUT2D eigenvalue weighted by Gasteiger charge is 2.26. The molecule has 7 nitrogen and oxygen atoms in total. The smallest absolute Gasteiger partial charge is 0.265 e. The van der Waals surface area contributed by atoms with E-state index in [4.69, 9.17) is 14.2 Å². The Morgan fingerprint density at radius 2 is 1.89 bits per heavy atom. The number of carbonyl (C=O) groups is 2. The Bertz CT molecular complexity index is 843. The van der Waals surface area contributed by atoms with Gasteiger partial charge < -0.3 is 24.4 Å². The molecule has 0 aliphatic carbocycles. The molecule has 2 amide bonds. The van der Waals surface area contributed by atoms with Gasteiger partial charge in [-0.1, -0.05) is 13.0 Å². The maximum absolute atomic E-state index is 12.8. The molecule has 142 valence electrons. The molecular formula is C20H22N2O5. The Morgan fingerprint density at radius 1 is 1.19 bits per heavy atom. The Labute approximate surface area is 157 Å². The molecule has 0 fully saturated rings. The lowest BCUT2D eigenvalue weighted by molar-refractivity contribution is -0.121. The molecule has 0 atom stereocenters. The molecule has 3 rings (SSSR count). The van der Waals surface area contributed by atoms with Crippen LogP contribution in [0.1, 0.15) is 23.7 Å². The largest absolute Gasteiger partial charge is 0.496 e. The van der Waals surface area contributed by atoms with Gasteiger partial charge in [0.15, 0.2) is 6.61 Å². The number of fused-ring (bicyclic) bond motifs is 1. The predicted octanol–water partition coefficient (Wildman–Crippen LogP) is 3.09. The Morgan fingerprint density at radius 3 is 2.52 bits per heavy atom. The van der Waals surface area contributed by atoms with Crippen molar-refractivity contribution < 1.29 is 23.8 Å². The third-order valence-corrected chi connectivity index (χ3v) is 4.26. The summed E-state index contributed by atoms with van der Waals surface area (Å²) in [5, 5.41) is 2.84. The average Bonchev–Trinajstić information content (AvgIpc) is 2.69. The second-order valence-corrected chi connectivity index (χ2v) is 6.01. The summed E-state index contributed by atoms with van der Waals surface area (Å²) < 4.78 is 16.1. The third kappa shape index (κ3) is 3.67. The molecule has 2 aromatic carbocycles. The zero-order valence-corrected chi connectivity index (χ0v) is 15.6. The molecule has 1 N–H and O–H groups in total. The topological polar surface area (TPSA) is 77.1 Å². The predicted molar refractivity (Wildman–Crippen MR) is 102 cm³/mol. The van der Waals surface area contributed by atoms with Gasteiger partial charge in [0.05, 0.1) is 19.9 Å². The first-order valence-corrected chi connectivity index (χ1v) is 8.68. The van der Waals surface area contributed by atoms with Gasteiger partial charge >= 0.3 is 0 Å². The minimum absolute atomic E-state index is 0.0249. The number of nitrogens with one attached hydrogen (secondary N) is 1. The van der Waals surface area contributed by atoms with Crippen molar-refractivity contribution in [2.75, 3.05) is 37.6 Å². The number of anilines is 2. The van der Waals surface area contributed by atoms with E-state index in [2.05, 4.69) is 5.32 Å². The van der Waals surface area contributed by atoms with Crippen LogP contribution in [-0.4, -0.2) is 39.2 Å². The van der Waals surface area contributed by atoms with Gasteiger partial charge in [-0.25, -0.2) is 0 Å². The van der Waals surface area contributed by atoms with Gasteiger partial charge in [-0.05, 0) is 36.8 Å². The minimum atomic E-state index is -0.366. The van der Waals surface area contributed by atoms with Crippen molar-refractivity contribution in [3.05, 3.63) is 42.0 Å². The van der Waals surface area contributed by atoms with Crippen LogP contribution in [0.3, 0.4) is 0 Å². The maximum Gasteiger partial charge on any atom is 0.265 e. The molecule has 0 aromatic heterocycles. The molecule has 1 heterocycles. The van der Waals surface area contributed by atoms with E-state index in [0.717, 1.165) is 6.42 Å². The standard InChI is InChI=1S/C20H22N2O5/c1-4-10-22-14-11-13(8-9-15(14)27-12-18(22)23)21-20(24)19-16(25-2)6-5-7-17(19)26-3/h5-9,11H,4,10,12H2,1-3H3,(H,21,24). The van der Waals surface area contributed by atoms with Crippen molar-refractivity contribution in [3.8, 4) is 17.2 Å². The summed E-state index contributed by atoms with van der Waals surface area (Å²) >= 11 is 0. The number of hydrogen-bond donors (Lipinski definition) is 1. The van der Waals surface area contributed by atoms with Crippen molar-refractivity contribution in [1.82, 2.24) is 0 Å². The van der Waals surface area contributed by atoms with Crippen LogP contribution in [0.2, 0.25) is 0 Å². The van der Waals surface area contributed by atoms with Crippen molar-refractivity contribution in [3.63, 3.8) is 0 Å². The van der Waals surface area contributed by atoms with E-state index >= 15 is 0 Å². The molecular weight excluding hydrogens is 348 g/mol. The second kappa shape index (κ2) is 7.99. The van der Waals surface area contributed by atoms with E-state index in [1.807, 2.05) is 6.92 Å². The van der Waals surface area contributed by atoms with Gasteiger partial charge in [-0.2, -0.15) is 0 Å². The lowest BCUT2D eigenvalue weighted by atomic mass is 10.1. The summed E-state index contributed by atoms with van der Waals surface area (Å²) in [5.74, 6) is 0.983. The molecule has 0 saturated carbocycles. The average molecular weight is 370 g/mol. The van der Waals surface area contributed by atoms with Crippen molar-refractivity contribution in [2.24, 2.45) is 0 Å². The number of benzene rings is 2. The molecule has 2 aromatic rings. The lowest BCUT2D eigenvalue weighted by Gasteiger charge is -2.29. The third-order valence-electron chi connectivity index (χ3n) is 4.26. The fourth-order valence-electron chi connectivity index (χ4n) is 3.02. The van der Waals surface area contributed by atoms with E-state index in [1.165, 1.54) is 14.2 Å². The Hall–Kier alpha value is -3.22. The fourth-order valence-corrected chi connectivity index (χ4v) is 3.02. The fraction of sp³-hybridized carbons (Fsp3) is 0.300. The van der Waals surface area contributed by atoms with Gasteiger partial charge in [0.25, 0.3) is 11.8 Å². The zero-order chi connectivity index (χ0) is 19.4. The highest BCUT2D eigenvalue weighted by molar-refractivity contribution is 6.09. The normalized spacial score (nSPS) is 12.9. The van der Waals surface area contributed by atoms with Crippen LogP contribution >= 0.6 is 0 Å². The van der Waals surface area contributed by atoms with E-state index in [9.17, 15) is 9.59 Å². The van der Waals surface area contributed by atoms with Gasteiger partial charge in [0, 0.05) is 12.2 Å². The first kappa shape index (κ1) is 18.6. The summed E-state index contributed by atoms with van der Waals surface area (Å²) in [6.07, 6.45) is 0.820. The first-order chi connectivity index (χ1) is 13.1. The molecule has 0 radical (unpaired) electrons. The van der Waals surface area contributed by atoms with E-state index < -0.39 is 0 Å². The van der Waals surface area contributed by atoms with Gasteiger partial charge in [0.2, 0.25) is 0 Å². The van der Waals surface area contributed by atoms with Gasteiger partial charge in [0.1, 0.15) is 22.8 Å². The lowest BCUT2D eigenvalue weighted by Crippen LogP contribution is -2.39. The summed E-state index contributed by atoms with van der Waals surface area (Å²) in [6, 6.07) is 10.4. The molecule has 1 aliphatic rings. The molecule has 1 aliphatic heterocycles. The highest BCUT2D eigenvalue weighted by Crippen LogP contribution is 2.35. The first-order valence-electron chi connectivity index (χ1n) is 8.68. The number of methoxy groups -OCH3 is 2. The Balaban J connectivity index is 1.91. The second-order valence-electron chi connectivity index (χ2n) is 6.01. The SMILES string of the molecule is CCCN1C(=O)COc2ccc(NC(=O)c3c(OC)cccc3OC)cc21. The monoisotopic (exact) mass is 370 g/mol. The minimum Gasteiger partial charge on any atom is -0.496 e. The quantitative estimate of drug-likeness (QED) is 0.846. The number of nitrogens with zero attached hydrogens (tertiary/aromatic N) is 1. The number of ether oxygens (including phenoxy) is 3. The van der Waals surface area contributed by atoms with Gasteiger partial charge in [-0.3, -0.25) is 9.59 Å². The van der Waals surface area contributed by atoms with Crippen molar-refractivity contribution >= 4 is 23.2 Å². The van der Waals surface area contributed by atoms with E-state index in [1.54, 1.807) is 41.3 Å². The van der Waals surface area contributed by atoms with Crippen LogP contribution in [0.15, 0.2) is 36.4 Å². The zero-order valence-electron chi connectivity index (χ0n) is 15.6. The maximum atomic E-state index is 12.8. The van der Waals surface area contributed by atoms with Crippen LogP contribution in [0, 0.1) is 0 Å². The number of carbonyl (C=O) groups excluding carboxylic acids is 2. The molecule has 0 saturated heterocycles. The van der Waals surface area contributed by atoms with E-state index in [0.29, 0.717) is 40.7 Å². The number of hydrogen-bond acceptors (Lipinski definition) is 5. The molecule has 7 heteroatoms. The molecule has 0 unspecified atom stereocenters. The number of amides is 2. The molecule has 0 bridgehead atoms. The molecule has 0 spiro atoms. The van der Waals surface area contributed by atoms with Crippen LogP contribution in [0.25, 0.3) is 0 Å². The van der Waals surface area contributed by atoms with Crippen LogP contribution in [-0.2, 0) is 4.79 Å². The van der Waals surface area contributed by atoms with Gasteiger partial charge in [-0.15, -0.1) is 0 Å². The van der Waals surface area contributed by atoms with Crippen LogP contribution in [0.4, 0.5) is 11.4 Å². The molecule has 27 heavy (non-hydrogen) atoms. The summed E-state index contributed by atoms with van der Waals surface area (Å²) in [6.45, 7) is 2.62. The number of rotatable bonds is 6. The summed E-state index contributed by atoms with van der Waals surface area (Å²) in [7, 11) is 2.99. The highest BCUT2D eigenvalue weighted by atomic mass is 16.5. The van der Waals surface area contributed by atoms with Crippen molar-refractivity contribution in [2.45, 2.75) is 13.3 Å². The summed E-state index contributed by atoms with van der Waals surface area (Å²) in [5.41, 5.74) is 1.50. The van der Waals surface area contributed by atoms with Crippen LogP contribution in [0.5, 0.6) is 17.2 Å². The Kier molecular flexibility index (Phi) is 5.49. The van der Waals surface area contributed by atoms with Crippen LogP contribution < -0.4 is 24.4 Å². The van der Waals surface area contributed by atoms with Crippen molar-refractivity contribution in [1.29, 1.82) is 0 Å². The van der Waals surface area contributed by atoms with E-state index in [-0.39, 0.29) is 18.4 Å². The summed E-state index contributed by atoms with van der Waals surface area (Å²) in [4.78, 5) is 26.7.